The fraction of sp³-hybridized carbons (Fsp3) is 0.724. The van der Waals surface area contributed by atoms with Gasteiger partial charge in [0.1, 0.15) is 5.75 Å². The topological polar surface area (TPSA) is 82.4 Å². The molecule has 1 aliphatic heterocycles. The molecular weight excluding hydrogens is 440 g/mol. The molecular formula is C29H42N2O4. The standard InChI is InChI=1S/C29H42N2O4/c1-18(2)35-26-15-24(20-6-7-20)23(19-4-5-19)14-22(26)16-31-13-10-25(30-27(32)17-31)21-8-11-29(3,12-9-21)28(33)34/h14-15,18-21,27,32H,4-13,16-17H2,1-3H3,(H,33,34). The Morgan fingerprint density at radius 3 is 2.29 bits per heavy atom. The average Bonchev–Trinajstić information content (AvgIpc) is 3.69. The van der Waals surface area contributed by atoms with Gasteiger partial charge in [-0.25, -0.2) is 0 Å². The van der Waals surface area contributed by atoms with Crippen LogP contribution in [0.1, 0.15) is 107 Å². The second-order valence-corrected chi connectivity index (χ2v) is 12.0. The molecule has 6 heteroatoms. The number of aliphatic hydroxyl groups excluding tert-OH is 1. The van der Waals surface area contributed by atoms with Gasteiger partial charge in [-0.3, -0.25) is 14.7 Å². The second kappa shape index (κ2) is 9.85. The van der Waals surface area contributed by atoms with Crippen molar-refractivity contribution in [1.82, 2.24) is 4.90 Å². The molecule has 0 amide bonds. The molecule has 1 heterocycles. The zero-order valence-electron chi connectivity index (χ0n) is 21.6. The minimum absolute atomic E-state index is 0.125. The summed E-state index contributed by atoms with van der Waals surface area (Å²) in [7, 11) is 0. The van der Waals surface area contributed by atoms with Crippen molar-refractivity contribution in [3.63, 3.8) is 0 Å². The molecule has 1 aromatic carbocycles. The number of hydrogen-bond acceptors (Lipinski definition) is 5. The highest BCUT2D eigenvalue weighted by Crippen LogP contribution is 2.51. The summed E-state index contributed by atoms with van der Waals surface area (Å²) in [4.78, 5) is 18.7. The van der Waals surface area contributed by atoms with Crippen molar-refractivity contribution in [1.29, 1.82) is 0 Å². The number of benzene rings is 1. The first-order chi connectivity index (χ1) is 16.7. The number of carbonyl (C=O) groups is 1. The molecule has 0 aromatic heterocycles. The molecule has 192 valence electrons. The molecule has 1 aromatic rings. The first kappa shape index (κ1) is 24.8. The fourth-order valence-electron chi connectivity index (χ4n) is 6.03. The van der Waals surface area contributed by atoms with E-state index in [9.17, 15) is 15.0 Å². The predicted octanol–water partition coefficient (Wildman–Crippen LogP) is 5.47. The zero-order valence-corrected chi connectivity index (χ0v) is 21.6. The number of carboxylic acid groups (broad SMARTS) is 1. The molecule has 3 saturated carbocycles. The maximum atomic E-state index is 11.6. The molecule has 35 heavy (non-hydrogen) atoms. The van der Waals surface area contributed by atoms with E-state index in [2.05, 4.69) is 30.9 Å². The first-order valence-corrected chi connectivity index (χ1v) is 13.8. The van der Waals surface area contributed by atoms with Crippen molar-refractivity contribution < 1.29 is 19.7 Å². The quantitative estimate of drug-likeness (QED) is 0.513. The summed E-state index contributed by atoms with van der Waals surface area (Å²) in [5.74, 6) is 2.03. The van der Waals surface area contributed by atoms with E-state index in [1.54, 1.807) is 0 Å². The van der Waals surface area contributed by atoms with Gasteiger partial charge in [0.05, 0.1) is 11.5 Å². The number of nitrogens with zero attached hydrogens (tertiary/aromatic N) is 2. The number of aliphatic carboxylic acids is 1. The van der Waals surface area contributed by atoms with Gasteiger partial charge in [-0.2, -0.15) is 0 Å². The van der Waals surface area contributed by atoms with Crippen molar-refractivity contribution in [2.75, 3.05) is 13.1 Å². The molecule has 4 aliphatic rings. The van der Waals surface area contributed by atoms with E-state index in [1.165, 1.54) is 42.4 Å². The van der Waals surface area contributed by atoms with Gasteiger partial charge in [-0.05, 0) is 114 Å². The Bertz CT molecular complexity index is 971. The Hall–Kier alpha value is -1.92. The second-order valence-electron chi connectivity index (χ2n) is 12.0. The van der Waals surface area contributed by atoms with Crippen LogP contribution in [0.15, 0.2) is 17.1 Å². The number of aliphatic imine (C=N–C) groups is 1. The fourth-order valence-corrected chi connectivity index (χ4v) is 6.03. The minimum Gasteiger partial charge on any atom is -0.491 e. The Kier molecular flexibility index (Phi) is 6.97. The minimum atomic E-state index is -0.733. The van der Waals surface area contributed by atoms with Crippen LogP contribution >= 0.6 is 0 Å². The Labute approximate surface area is 209 Å². The third-order valence-electron chi connectivity index (χ3n) is 8.55. The number of rotatable bonds is 8. The van der Waals surface area contributed by atoms with Gasteiger partial charge in [-0.15, -0.1) is 0 Å². The molecule has 0 radical (unpaired) electrons. The number of ether oxygens (including phenoxy) is 1. The van der Waals surface area contributed by atoms with Gasteiger partial charge >= 0.3 is 5.97 Å². The summed E-state index contributed by atoms with van der Waals surface area (Å²) in [6, 6.07) is 4.74. The summed E-state index contributed by atoms with van der Waals surface area (Å²) < 4.78 is 6.31. The van der Waals surface area contributed by atoms with E-state index in [4.69, 9.17) is 9.73 Å². The molecule has 0 bridgehead atoms. The van der Waals surface area contributed by atoms with Gasteiger partial charge in [0.2, 0.25) is 0 Å². The molecule has 0 spiro atoms. The number of carboxylic acids is 1. The van der Waals surface area contributed by atoms with E-state index in [0.717, 1.165) is 43.8 Å². The Morgan fingerprint density at radius 2 is 1.71 bits per heavy atom. The van der Waals surface area contributed by atoms with Crippen LogP contribution in [0, 0.1) is 11.3 Å². The molecule has 2 N–H and O–H groups in total. The zero-order chi connectivity index (χ0) is 24.7. The van der Waals surface area contributed by atoms with Gasteiger partial charge in [0.25, 0.3) is 0 Å². The average molecular weight is 483 g/mol. The number of β-amino-alcohol motifs (C(OH)–C–C–N with tert-alkyl or cyclic N) is 1. The van der Waals surface area contributed by atoms with Gasteiger partial charge in [-0.1, -0.05) is 6.07 Å². The highest BCUT2D eigenvalue weighted by Gasteiger charge is 2.39. The lowest BCUT2D eigenvalue weighted by Gasteiger charge is -2.34. The van der Waals surface area contributed by atoms with E-state index < -0.39 is 17.6 Å². The van der Waals surface area contributed by atoms with Crippen LogP contribution in [0.4, 0.5) is 0 Å². The maximum Gasteiger partial charge on any atom is 0.309 e. The lowest BCUT2D eigenvalue weighted by molar-refractivity contribution is -0.150. The number of aliphatic hydroxyl groups is 1. The highest BCUT2D eigenvalue weighted by atomic mass is 16.5. The Balaban J connectivity index is 1.29. The lowest BCUT2D eigenvalue weighted by Crippen LogP contribution is -2.35. The van der Waals surface area contributed by atoms with Gasteiger partial charge in [0, 0.05) is 30.9 Å². The van der Waals surface area contributed by atoms with Crippen molar-refractivity contribution in [3.05, 3.63) is 28.8 Å². The van der Waals surface area contributed by atoms with E-state index >= 15 is 0 Å². The molecule has 3 fully saturated rings. The van der Waals surface area contributed by atoms with Crippen LogP contribution in [0.2, 0.25) is 0 Å². The van der Waals surface area contributed by atoms with Crippen molar-refractivity contribution >= 4 is 11.7 Å². The highest BCUT2D eigenvalue weighted by molar-refractivity contribution is 5.87. The normalized spacial score (nSPS) is 30.1. The molecule has 5 rings (SSSR count). The Morgan fingerprint density at radius 1 is 1.09 bits per heavy atom. The number of hydrogen-bond donors (Lipinski definition) is 2. The molecule has 1 atom stereocenters. The molecule has 1 unspecified atom stereocenters. The summed E-state index contributed by atoms with van der Waals surface area (Å²) in [6.45, 7) is 8.17. The third kappa shape index (κ3) is 5.75. The summed E-state index contributed by atoms with van der Waals surface area (Å²) in [6.07, 6.45) is 8.46. The lowest BCUT2D eigenvalue weighted by atomic mass is 9.70. The van der Waals surface area contributed by atoms with E-state index in [-0.39, 0.29) is 12.0 Å². The van der Waals surface area contributed by atoms with Crippen LogP contribution in [0.5, 0.6) is 5.75 Å². The largest absolute Gasteiger partial charge is 0.491 e. The summed E-state index contributed by atoms with van der Waals surface area (Å²) in [5, 5.41) is 20.3. The monoisotopic (exact) mass is 482 g/mol. The summed E-state index contributed by atoms with van der Waals surface area (Å²) >= 11 is 0. The van der Waals surface area contributed by atoms with Gasteiger partial charge in [0.15, 0.2) is 6.23 Å². The van der Waals surface area contributed by atoms with E-state index in [1.807, 2.05) is 6.92 Å². The maximum absolute atomic E-state index is 11.6. The van der Waals surface area contributed by atoms with Crippen molar-refractivity contribution in [3.8, 4) is 5.75 Å². The third-order valence-corrected chi connectivity index (χ3v) is 8.55. The van der Waals surface area contributed by atoms with Crippen LogP contribution in [0.25, 0.3) is 0 Å². The summed E-state index contributed by atoms with van der Waals surface area (Å²) in [5.41, 5.74) is 4.74. The van der Waals surface area contributed by atoms with Crippen LogP contribution in [0.3, 0.4) is 0 Å². The first-order valence-electron chi connectivity index (χ1n) is 13.8. The molecule has 6 nitrogen and oxygen atoms in total. The van der Waals surface area contributed by atoms with Crippen molar-refractivity contribution in [2.45, 2.75) is 109 Å². The van der Waals surface area contributed by atoms with Crippen LogP contribution in [-0.4, -0.2) is 52.2 Å². The SMILES string of the molecule is CC(C)Oc1cc(C2CC2)c(C2CC2)cc1CN1CCC(C2CCC(C)(C(=O)O)CC2)=NC(O)C1. The van der Waals surface area contributed by atoms with Crippen molar-refractivity contribution in [2.24, 2.45) is 16.3 Å². The molecule has 3 aliphatic carbocycles. The smallest absolute Gasteiger partial charge is 0.309 e. The van der Waals surface area contributed by atoms with Gasteiger partial charge < -0.3 is 14.9 Å². The van der Waals surface area contributed by atoms with E-state index in [0.29, 0.717) is 31.2 Å². The van der Waals surface area contributed by atoms with Crippen LogP contribution < -0.4 is 4.74 Å². The van der Waals surface area contributed by atoms with Crippen LogP contribution in [-0.2, 0) is 11.3 Å². The predicted molar refractivity (Wildman–Crippen MR) is 137 cm³/mol. The molecule has 0 saturated heterocycles.